The fraction of sp³-hybridized carbons (Fsp3) is 0.667. The van der Waals surface area contributed by atoms with E-state index in [0.29, 0.717) is 25.6 Å². The molecule has 4 nitrogen and oxygen atoms in total. The topological polar surface area (TPSA) is 46.6 Å². The van der Waals surface area contributed by atoms with E-state index in [-0.39, 0.29) is 11.7 Å². The van der Waals surface area contributed by atoms with Crippen molar-refractivity contribution in [3.63, 3.8) is 0 Å². The van der Waals surface area contributed by atoms with Crippen LogP contribution in [0.15, 0.2) is 17.5 Å². The van der Waals surface area contributed by atoms with Crippen molar-refractivity contribution in [2.75, 3.05) is 31.9 Å². The quantitative estimate of drug-likeness (QED) is 0.655. The van der Waals surface area contributed by atoms with E-state index in [4.69, 9.17) is 16.3 Å². The summed E-state index contributed by atoms with van der Waals surface area (Å²) in [6.07, 6.45) is 0. The molecule has 7 heteroatoms. The first-order chi connectivity index (χ1) is 8.99. The van der Waals surface area contributed by atoms with Gasteiger partial charge in [0, 0.05) is 31.0 Å². The van der Waals surface area contributed by atoms with Crippen LogP contribution in [0.5, 0.6) is 0 Å². The first-order valence-electron chi connectivity index (χ1n) is 6.04. The van der Waals surface area contributed by atoms with Crippen LogP contribution in [0.1, 0.15) is 11.8 Å². The Morgan fingerprint density at radius 3 is 2.79 bits per heavy atom. The van der Waals surface area contributed by atoms with Crippen LogP contribution in [0.2, 0.25) is 0 Å². The summed E-state index contributed by atoms with van der Waals surface area (Å²) in [4.78, 5) is 1.03. The maximum absolute atomic E-state index is 12.3. The van der Waals surface area contributed by atoms with E-state index in [1.54, 1.807) is 18.4 Å². The third kappa shape index (κ3) is 5.79. The monoisotopic (exact) mass is 325 g/mol. The smallest absolute Gasteiger partial charge is 0.214 e. The molecule has 1 rings (SSSR count). The first-order valence-corrected chi connectivity index (χ1v) is 9.07. The van der Waals surface area contributed by atoms with Crippen molar-refractivity contribution in [2.45, 2.75) is 13.5 Å². The van der Waals surface area contributed by atoms with Crippen LogP contribution in [-0.2, 0) is 21.3 Å². The van der Waals surface area contributed by atoms with Crippen molar-refractivity contribution in [3.05, 3.63) is 22.4 Å². The van der Waals surface area contributed by atoms with Crippen LogP contribution < -0.4 is 0 Å². The Hall–Kier alpha value is -0.140. The summed E-state index contributed by atoms with van der Waals surface area (Å²) < 4.78 is 31.2. The molecule has 19 heavy (non-hydrogen) atoms. The molecule has 0 bridgehead atoms. The molecular formula is C12H20ClNO3S2. The molecule has 110 valence electrons. The summed E-state index contributed by atoms with van der Waals surface area (Å²) in [5.74, 6) is 0.363. The molecule has 0 aliphatic heterocycles. The van der Waals surface area contributed by atoms with Crippen molar-refractivity contribution in [2.24, 2.45) is 5.92 Å². The fourth-order valence-corrected chi connectivity index (χ4v) is 4.37. The highest BCUT2D eigenvalue weighted by Crippen LogP contribution is 2.16. The first kappa shape index (κ1) is 16.9. The van der Waals surface area contributed by atoms with E-state index in [2.05, 4.69) is 0 Å². The molecule has 1 unspecified atom stereocenters. The second-order valence-electron chi connectivity index (χ2n) is 4.44. The molecule has 0 saturated heterocycles. The molecule has 0 aliphatic rings. The molecule has 1 atom stereocenters. The van der Waals surface area contributed by atoms with Crippen molar-refractivity contribution < 1.29 is 13.2 Å². The summed E-state index contributed by atoms with van der Waals surface area (Å²) in [6, 6.07) is 3.85. The highest BCUT2D eigenvalue weighted by atomic mass is 35.5. The minimum atomic E-state index is -3.31. The van der Waals surface area contributed by atoms with Crippen LogP contribution in [0, 0.1) is 5.92 Å². The van der Waals surface area contributed by atoms with Gasteiger partial charge in [0.1, 0.15) is 0 Å². The van der Waals surface area contributed by atoms with Gasteiger partial charge in [0.15, 0.2) is 0 Å². The SMILES string of the molecule is COCCN(Cc1cccs1)S(=O)(=O)CC(C)CCl. The Kier molecular flexibility index (Phi) is 7.31. The number of halogens is 1. The van der Waals surface area contributed by atoms with Gasteiger partial charge in [-0.15, -0.1) is 22.9 Å². The normalized spacial score (nSPS) is 13.9. The number of hydrogen-bond acceptors (Lipinski definition) is 4. The van der Waals surface area contributed by atoms with Crippen LogP contribution in [0.3, 0.4) is 0 Å². The number of alkyl halides is 1. The molecule has 1 aromatic rings. The maximum Gasteiger partial charge on any atom is 0.214 e. The summed E-state index contributed by atoms with van der Waals surface area (Å²) in [5, 5.41) is 1.94. The van der Waals surface area contributed by atoms with Gasteiger partial charge in [-0.1, -0.05) is 13.0 Å². The highest BCUT2D eigenvalue weighted by molar-refractivity contribution is 7.89. The van der Waals surface area contributed by atoms with Crippen LogP contribution >= 0.6 is 22.9 Å². The van der Waals surface area contributed by atoms with E-state index in [1.165, 1.54) is 4.31 Å². The van der Waals surface area contributed by atoms with Crippen LogP contribution in [-0.4, -0.2) is 44.6 Å². The van der Waals surface area contributed by atoms with Crippen molar-refractivity contribution in [1.29, 1.82) is 0 Å². The number of methoxy groups -OCH3 is 1. The fourth-order valence-electron chi connectivity index (χ4n) is 1.60. The number of ether oxygens (including phenoxy) is 1. The van der Waals surface area contributed by atoms with Gasteiger partial charge in [0.25, 0.3) is 0 Å². The Balaban J connectivity index is 2.77. The molecule has 1 aromatic heterocycles. The minimum absolute atomic E-state index is 0.0555. The second-order valence-corrected chi connectivity index (χ2v) is 7.80. The lowest BCUT2D eigenvalue weighted by Crippen LogP contribution is -2.36. The average Bonchev–Trinajstić information content (AvgIpc) is 2.86. The number of thiophene rings is 1. The van der Waals surface area contributed by atoms with Crippen molar-refractivity contribution in [3.8, 4) is 0 Å². The molecule has 0 saturated carbocycles. The number of nitrogens with zero attached hydrogens (tertiary/aromatic N) is 1. The van der Waals surface area contributed by atoms with E-state index < -0.39 is 10.0 Å². The molecule has 0 spiro atoms. The summed E-state index contributed by atoms with van der Waals surface area (Å²) in [5.41, 5.74) is 0. The molecule has 1 heterocycles. The second kappa shape index (κ2) is 8.21. The van der Waals surface area contributed by atoms with Gasteiger partial charge < -0.3 is 4.74 Å². The largest absolute Gasteiger partial charge is 0.383 e. The zero-order chi connectivity index (χ0) is 14.3. The predicted octanol–water partition coefficient (Wildman–Crippen LogP) is 2.40. The van der Waals surface area contributed by atoms with Gasteiger partial charge in [-0.05, 0) is 17.4 Å². The summed E-state index contributed by atoms with van der Waals surface area (Å²) >= 11 is 7.26. The third-order valence-corrected chi connectivity index (χ3v) is 6.09. The van der Waals surface area contributed by atoms with Crippen LogP contribution in [0.4, 0.5) is 0 Å². The molecular weight excluding hydrogens is 306 g/mol. The lowest BCUT2D eigenvalue weighted by Gasteiger charge is -2.22. The van der Waals surface area contributed by atoms with Crippen molar-refractivity contribution in [1.82, 2.24) is 4.31 Å². The lowest BCUT2D eigenvalue weighted by molar-refractivity contribution is 0.177. The zero-order valence-electron chi connectivity index (χ0n) is 11.2. The Bertz CT molecular complexity index is 448. The third-order valence-electron chi connectivity index (χ3n) is 2.61. The van der Waals surface area contributed by atoms with Crippen molar-refractivity contribution >= 4 is 33.0 Å². The van der Waals surface area contributed by atoms with Gasteiger partial charge in [-0.3, -0.25) is 0 Å². The van der Waals surface area contributed by atoms with E-state index in [1.807, 2.05) is 24.4 Å². The molecule has 0 fully saturated rings. The zero-order valence-corrected chi connectivity index (χ0v) is 13.6. The lowest BCUT2D eigenvalue weighted by atomic mass is 10.3. The Morgan fingerprint density at radius 1 is 1.53 bits per heavy atom. The molecule has 0 aromatic carbocycles. The standard InChI is InChI=1S/C12H20ClNO3S2/c1-11(8-13)10-19(15,16)14(5-6-17-2)9-12-4-3-7-18-12/h3-4,7,11H,5-6,8-10H2,1-2H3. The van der Waals surface area contributed by atoms with E-state index >= 15 is 0 Å². The predicted molar refractivity (Wildman–Crippen MR) is 80.3 cm³/mol. The maximum atomic E-state index is 12.3. The Morgan fingerprint density at radius 2 is 2.26 bits per heavy atom. The van der Waals surface area contributed by atoms with Gasteiger partial charge in [-0.25, -0.2) is 8.42 Å². The Labute approximate surface area is 124 Å². The molecule has 0 amide bonds. The van der Waals surface area contributed by atoms with E-state index in [9.17, 15) is 8.42 Å². The molecule has 0 radical (unpaired) electrons. The average molecular weight is 326 g/mol. The van der Waals surface area contributed by atoms with Gasteiger partial charge in [0.05, 0.1) is 12.4 Å². The summed E-state index contributed by atoms with van der Waals surface area (Å²) in [6.45, 7) is 2.99. The molecule has 0 aliphatic carbocycles. The van der Waals surface area contributed by atoms with E-state index in [0.717, 1.165) is 4.88 Å². The number of rotatable bonds is 9. The van der Waals surface area contributed by atoms with Gasteiger partial charge in [0.2, 0.25) is 10.0 Å². The molecule has 0 N–H and O–H groups in total. The highest BCUT2D eigenvalue weighted by Gasteiger charge is 2.24. The summed E-state index contributed by atoms with van der Waals surface area (Å²) in [7, 11) is -1.74. The number of hydrogen-bond donors (Lipinski definition) is 0. The van der Waals surface area contributed by atoms with Gasteiger partial charge >= 0.3 is 0 Å². The number of sulfonamides is 1. The van der Waals surface area contributed by atoms with Gasteiger partial charge in [-0.2, -0.15) is 4.31 Å². The minimum Gasteiger partial charge on any atom is -0.383 e. The van der Waals surface area contributed by atoms with Crippen LogP contribution in [0.25, 0.3) is 0 Å².